The van der Waals surface area contributed by atoms with Crippen LogP contribution in [0.15, 0.2) is 12.2 Å². The average Bonchev–Trinajstić information content (AvgIpc) is 3.10. The summed E-state index contributed by atoms with van der Waals surface area (Å²) in [5, 5.41) is 0. The fraction of sp³-hybridized carbons (Fsp3) is 0.810. The first-order valence-corrected chi connectivity index (χ1v) is 10.5. The second-order valence-electron chi connectivity index (χ2n) is 7.26. The molecule has 166 valence electrons. The summed E-state index contributed by atoms with van der Waals surface area (Å²) in [6.45, 7) is 11.7. The van der Waals surface area contributed by atoms with Crippen molar-refractivity contribution in [2.75, 3.05) is 19.8 Å². The Balaban J connectivity index is 2.20. The summed E-state index contributed by atoms with van der Waals surface area (Å²) in [6.07, 6.45) is 1.42. The molecule has 8 heteroatoms. The van der Waals surface area contributed by atoms with Crippen LogP contribution in [0, 0.1) is 0 Å². The highest BCUT2D eigenvalue weighted by Crippen LogP contribution is 2.38. The Bertz CT molecular complexity index is 565. The number of carbonyl (C=O) groups excluding carboxylic acids is 2. The average molecular weight is 414 g/mol. The summed E-state index contributed by atoms with van der Waals surface area (Å²) >= 11 is 0. The molecule has 0 N–H and O–H groups in total. The molecule has 0 aliphatic carbocycles. The minimum Gasteiger partial charge on any atom is -0.463 e. The highest BCUT2D eigenvalue weighted by atomic mass is 16.8. The van der Waals surface area contributed by atoms with Crippen molar-refractivity contribution in [1.29, 1.82) is 0 Å². The Morgan fingerprint density at radius 3 is 2.45 bits per heavy atom. The van der Waals surface area contributed by atoms with Gasteiger partial charge in [0, 0.05) is 13.5 Å². The van der Waals surface area contributed by atoms with Gasteiger partial charge in [0.1, 0.15) is 12.2 Å². The lowest BCUT2D eigenvalue weighted by molar-refractivity contribution is -0.203. The minimum absolute atomic E-state index is 0.0116. The van der Waals surface area contributed by atoms with Gasteiger partial charge in [0.25, 0.3) is 0 Å². The highest BCUT2D eigenvalue weighted by molar-refractivity contribution is 5.89. The molecule has 2 saturated heterocycles. The van der Waals surface area contributed by atoms with Crippen LogP contribution in [-0.2, 0) is 38.0 Å². The molecule has 2 rings (SSSR count). The summed E-state index contributed by atoms with van der Waals surface area (Å²) < 4.78 is 34.5. The van der Waals surface area contributed by atoms with Crippen LogP contribution in [0.2, 0.25) is 0 Å². The van der Waals surface area contributed by atoms with Crippen LogP contribution >= 0.6 is 0 Å². The first-order chi connectivity index (χ1) is 13.9. The Labute approximate surface area is 172 Å². The molecule has 0 bridgehead atoms. The lowest BCUT2D eigenvalue weighted by Crippen LogP contribution is -2.44. The summed E-state index contributed by atoms with van der Waals surface area (Å²) in [5.41, 5.74) is 0.0116. The predicted molar refractivity (Wildman–Crippen MR) is 104 cm³/mol. The van der Waals surface area contributed by atoms with E-state index in [1.54, 1.807) is 6.92 Å². The van der Waals surface area contributed by atoms with E-state index in [4.69, 9.17) is 28.4 Å². The molecule has 4 atom stereocenters. The van der Waals surface area contributed by atoms with E-state index in [0.717, 1.165) is 19.3 Å². The molecule has 4 unspecified atom stereocenters. The van der Waals surface area contributed by atoms with E-state index in [2.05, 4.69) is 6.58 Å². The number of hydrogen-bond donors (Lipinski definition) is 0. The van der Waals surface area contributed by atoms with E-state index >= 15 is 0 Å². The second kappa shape index (κ2) is 11.1. The van der Waals surface area contributed by atoms with Crippen molar-refractivity contribution in [2.45, 2.75) is 90.2 Å². The fourth-order valence-corrected chi connectivity index (χ4v) is 3.56. The topological polar surface area (TPSA) is 89.5 Å². The van der Waals surface area contributed by atoms with Gasteiger partial charge in [0.15, 0.2) is 18.2 Å². The minimum atomic E-state index is -1.03. The van der Waals surface area contributed by atoms with Gasteiger partial charge in [-0.25, -0.2) is 4.79 Å². The first-order valence-electron chi connectivity index (χ1n) is 10.5. The third-order valence-corrected chi connectivity index (χ3v) is 5.22. The molecular weight excluding hydrogens is 380 g/mol. The molecule has 8 nitrogen and oxygen atoms in total. The van der Waals surface area contributed by atoms with Crippen LogP contribution in [-0.4, -0.2) is 62.1 Å². The first kappa shape index (κ1) is 23.8. The normalized spacial score (nSPS) is 27.2. The number of hydrogen-bond acceptors (Lipinski definition) is 8. The molecule has 2 heterocycles. The summed E-state index contributed by atoms with van der Waals surface area (Å²) in [7, 11) is 0. The van der Waals surface area contributed by atoms with Crippen LogP contribution < -0.4 is 0 Å². The zero-order valence-electron chi connectivity index (χ0n) is 17.9. The largest absolute Gasteiger partial charge is 0.463 e. The van der Waals surface area contributed by atoms with Crippen molar-refractivity contribution in [3.8, 4) is 0 Å². The van der Waals surface area contributed by atoms with E-state index in [-0.39, 0.29) is 25.1 Å². The van der Waals surface area contributed by atoms with Crippen molar-refractivity contribution in [1.82, 2.24) is 0 Å². The molecule has 0 radical (unpaired) electrons. The second-order valence-corrected chi connectivity index (χ2v) is 7.26. The molecule has 29 heavy (non-hydrogen) atoms. The summed E-state index contributed by atoms with van der Waals surface area (Å²) in [6, 6.07) is 0. The van der Waals surface area contributed by atoms with Gasteiger partial charge in [-0.3, -0.25) is 4.79 Å². The van der Waals surface area contributed by atoms with Crippen molar-refractivity contribution in [3.63, 3.8) is 0 Å². The Morgan fingerprint density at radius 2 is 1.90 bits per heavy atom. The van der Waals surface area contributed by atoms with Gasteiger partial charge in [0.05, 0.1) is 18.8 Å². The van der Waals surface area contributed by atoms with E-state index in [0.29, 0.717) is 19.4 Å². The lowest BCUT2D eigenvalue weighted by atomic mass is 10.0. The molecule has 0 spiro atoms. The van der Waals surface area contributed by atoms with Crippen LogP contribution in [0.25, 0.3) is 0 Å². The predicted octanol–water partition coefficient (Wildman–Crippen LogP) is 2.88. The standard InChI is InChI=1S/C21H34O8/c1-6-21(7-2)28-16(13-26-17-11-9-10-12-25-17)19(29-21)18(27-15(5)22)14(4)20(23)24-8-3/h16-19H,4,6-13H2,1-3,5H3. The van der Waals surface area contributed by atoms with Crippen molar-refractivity contribution < 1.29 is 38.0 Å². The Kier molecular flexibility index (Phi) is 9.07. The molecule has 2 fully saturated rings. The van der Waals surface area contributed by atoms with E-state index in [1.807, 2.05) is 13.8 Å². The molecule has 0 saturated carbocycles. The molecule has 0 aromatic carbocycles. The van der Waals surface area contributed by atoms with Crippen LogP contribution in [0.3, 0.4) is 0 Å². The van der Waals surface area contributed by atoms with Gasteiger partial charge >= 0.3 is 11.9 Å². The third-order valence-electron chi connectivity index (χ3n) is 5.22. The number of carbonyl (C=O) groups is 2. The molecule has 2 aliphatic rings. The lowest BCUT2D eigenvalue weighted by Gasteiger charge is -2.28. The maximum absolute atomic E-state index is 12.3. The maximum Gasteiger partial charge on any atom is 0.337 e. The molecular formula is C21H34O8. The molecule has 2 aliphatic heterocycles. The summed E-state index contributed by atoms with van der Waals surface area (Å²) in [5.74, 6) is -2.03. The SMILES string of the molecule is C=C(C(=O)OCC)C(OC(C)=O)C1OC(CC)(CC)OC1COC1CCCCO1. The van der Waals surface area contributed by atoms with Crippen LogP contribution in [0.5, 0.6) is 0 Å². The van der Waals surface area contributed by atoms with E-state index in [9.17, 15) is 9.59 Å². The third kappa shape index (κ3) is 6.25. The monoisotopic (exact) mass is 414 g/mol. The molecule has 0 aromatic rings. The van der Waals surface area contributed by atoms with E-state index < -0.39 is 36.0 Å². The summed E-state index contributed by atoms with van der Waals surface area (Å²) in [4.78, 5) is 24.0. The van der Waals surface area contributed by atoms with E-state index in [1.165, 1.54) is 6.92 Å². The van der Waals surface area contributed by atoms with Gasteiger partial charge in [-0.15, -0.1) is 0 Å². The zero-order valence-corrected chi connectivity index (χ0v) is 17.9. The van der Waals surface area contributed by atoms with Gasteiger partial charge in [-0.2, -0.15) is 0 Å². The van der Waals surface area contributed by atoms with Crippen LogP contribution in [0.1, 0.15) is 59.8 Å². The number of ether oxygens (including phenoxy) is 6. The number of esters is 2. The number of rotatable bonds is 10. The van der Waals surface area contributed by atoms with Crippen LogP contribution in [0.4, 0.5) is 0 Å². The Morgan fingerprint density at radius 1 is 1.17 bits per heavy atom. The fourth-order valence-electron chi connectivity index (χ4n) is 3.56. The van der Waals surface area contributed by atoms with Crippen molar-refractivity contribution in [2.24, 2.45) is 0 Å². The van der Waals surface area contributed by atoms with Gasteiger partial charge in [0.2, 0.25) is 0 Å². The van der Waals surface area contributed by atoms with Crippen molar-refractivity contribution in [3.05, 3.63) is 12.2 Å². The van der Waals surface area contributed by atoms with Crippen molar-refractivity contribution >= 4 is 11.9 Å². The Hall–Kier alpha value is -1.48. The quantitative estimate of drug-likeness (QED) is 0.398. The van der Waals surface area contributed by atoms with Gasteiger partial charge in [-0.05, 0) is 39.0 Å². The smallest absolute Gasteiger partial charge is 0.337 e. The highest BCUT2D eigenvalue weighted by Gasteiger charge is 2.51. The van der Waals surface area contributed by atoms with Gasteiger partial charge in [-0.1, -0.05) is 20.4 Å². The molecule has 0 aromatic heterocycles. The zero-order chi connectivity index (χ0) is 21.4. The molecule has 0 amide bonds. The maximum atomic E-state index is 12.3. The van der Waals surface area contributed by atoms with Gasteiger partial charge < -0.3 is 28.4 Å².